The van der Waals surface area contributed by atoms with E-state index in [1.54, 1.807) is 0 Å². The molecule has 0 aliphatic rings. The van der Waals surface area contributed by atoms with E-state index in [-0.39, 0.29) is 21.7 Å². The number of nitrogens with zero attached hydrogens (tertiary/aromatic N) is 3. The first kappa shape index (κ1) is 34.6. The highest BCUT2D eigenvalue weighted by molar-refractivity contribution is 6.11. The number of hydrogen-bond acceptors (Lipinski definition) is 1. The van der Waals surface area contributed by atoms with Gasteiger partial charge in [-0.2, -0.15) is 5.26 Å². The third kappa shape index (κ3) is 5.74. The summed E-state index contributed by atoms with van der Waals surface area (Å²) in [5.41, 5.74) is 13.6. The van der Waals surface area contributed by atoms with Gasteiger partial charge in [-0.15, -0.1) is 0 Å². The van der Waals surface area contributed by atoms with E-state index in [2.05, 4.69) is 190 Å². The Kier molecular flexibility index (Phi) is 7.70. The lowest BCUT2D eigenvalue weighted by atomic mass is 9.85. The minimum atomic E-state index is 0.0182. The molecule has 0 unspecified atom stereocenters. The number of aromatic nitrogens is 2. The summed E-state index contributed by atoms with van der Waals surface area (Å²) in [4.78, 5) is 0. The van der Waals surface area contributed by atoms with Crippen molar-refractivity contribution in [2.75, 3.05) is 0 Å². The SMILES string of the molecule is Cc1c(C#N)cc(-n2c3ccc(C(C)(C)C)cc3c3cc(C(C)(C)C)ccc32)cc1-n1c2ccc(C(C)(C)C)cc2c2cc(C(C)(C)C)ccc21. The van der Waals surface area contributed by atoms with Gasteiger partial charge < -0.3 is 9.13 Å². The van der Waals surface area contributed by atoms with Crippen LogP contribution in [0.1, 0.15) is 116 Å². The van der Waals surface area contributed by atoms with E-state index in [4.69, 9.17) is 0 Å². The minimum Gasteiger partial charge on any atom is -0.309 e. The molecule has 51 heavy (non-hydrogen) atoms. The third-order valence-electron chi connectivity index (χ3n) is 11.0. The summed E-state index contributed by atoms with van der Waals surface area (Å²) < 4.78 is 4.77. The third-order valence-corrected chi connectivity index (χ3v) is 11.0. The molecular weight excluding hydrogens is 619 g/mol. The molecule has 0 saturated heterocycles. The zero-order valence-corrected chi connectivity index (χ0v) is 32.9. The van der Waals surface area contributed by atoms with E-state index in [9.17, 15) is 5.26 Å². The summed E-state index contributed by atoms with van der Waals surface area (Å²) >= 11 is 0. The molecule has 2 heterocycles. The van der Waals surface area contributed by atoms with Gasteiger partial charge >= 0.3 is 0 Å². The van der Waals surface area contributed by atoms with Gasteiger partial charge in [-0.25, -0.2) is 0 Å². The second-order valence-corrected chi connectivity index (χ2v) is 18.8. The van der Waals surface area contributed by atoms with Crippen LogP contribution in [0.25, 0.3) is 55.0 Å². The van der Waals surface area contributed by atoms with Gasteiger partial charge in [-0.3, -0.25) is 0 Å². The van der Waals surface area contributed by atoms with Crippen LogP contribution in [0.5, 0.6) is 0 Å². The smallest absolute Gasteiger partial charge is 0.0996 e. The van der Waals surface area contributed by atoms with Crippen molar-refractivity contribution in [1.82, 2.24) is 9.13 Å². The fourth-order valence-electron chi connectivity index (χ4n) is 7.61. The fourth-order valence-corrected chi connectivity index (χ4v) is 7.61. The second-order valence-electron chi connectivity index (χ2n) is 18.8. The highest BCUT2D eigenvalue weighted by Crippen LogP contribution is 2.41. The van der Waals surface area contributed by atoms with Gasteiger partial charge in [0, 0.05) is 27.2 Å². The minimum absolute atomic E-state index is 0.0182. The van der Waals surface area contributed by atoms with E-state index in [1.807, 2.05) is 0 Å². The van der Waals surface area contributed by atoms with Crippen molar-refractivity contribution < 1.29 is 0 Å². The summed E-state index contributed by atoms with van der Waals surface area (Å²) in [7, 11) is 0. The molecule has 0 atom stereocenters. The molecule has 3 nitrogen and oxygen atoms in total. The van der Waals surface area contributed by atoms with Crippen molar-refractivity contribution in [1.29, 1.82) is 5.26 Å². The van der Waals surface area contributed by atoms with Crippen LogP contribution in [-0.2, 0) is 21.7 Å². The van der Waals surface area contributed by atoms with Crippen molar-refractivity contribution >= 4 is 43.6 Å². The van der Waals surface area contributed by atoms with Gasteiger partial charge in [0.05, 0.1) is 39.4 Å². The lowest BCUT2D eigenvalue weighted by molar-refractivity contribution is 0.590. The Morgan fingerprint density at radius 1 is 0.431 bits per heavy atom. The van der Waals surface area contributed by atoms with Gasteiger partial charge in [0.2, 0.25) is 0 Å². The lowest BCUT2D eigenvalue weighted by Gasteiger charge is -2.20. The largest absolute Gasteiger partial charge is 0.309 e. The van der Waals surface area contributed by atoms with Gasteiger partial charge in [0.25, 0.3) is 0 Å². The predicted octanol–water partition coefficient (Wildman–Crippen LogP) is 13.3. The zero-order chi connectivity index (χ0) is 37.0. The first-order valence-electron chi connectivity index (χ1n) is 18.4. The molecule has 0 aliphatic carbocycles. The van der Waals surface area contributed by atoms with Gasteiger partial charge in [0.1, 0.15) is 0 Å². The van der Waals surface area contributed by atoms with Crippen molar-refractivity contribution in [2.24, 2.45) is 0 Å². The van der Waals surface area contributed by atoms with Gasteiger partial charge in [-0.1, -0.05) is 107 Å². The number of benzene rings is 5. The van der Waals surface area contributed by atoms with Crippen molar-refractivity contribution in [2.45, 2.75) is 112 Å². The first-order chi connectivity index (χ1) is 23.7. The van der Waals surface area contributed by atoms with Crippen molar-refractivity contribution in [3.8, 4) is 17.4 Å². The molecule has 0 aliphatic heterocycles. The summed E-state index contributed by atoms with van der Waals surface area (Å²) in [5.74, 6) is 0. The molecule has 7 rings (SSSR count). The maximum Gasteiger partial charge on any atom is 0.0996 e. The average Bonchev–Trinajstić information content (AvgIpc) is 3.54. The number of rotatable bonds is 2. The lowest BCUT2D eigenvalue weighted by Crippen LogP contribution is -2.10. The number of hydrogen-bond donors (Lipinski definition) is 0. The number of nitriles is 1. The first-order valence-corrected chi connectivity index (χ1v) is 18.4. The Balaban J connectivity index is 1.59. The number of fused-ring (bicyclic) bond motifs is 6. The van der Waals surface area contributed by atoms with Crippen LogP contribution in [-0.4, -0.2) is 9.13 Å². The molecule has 0 spiro atoms. The summed E-state index contributed by atoms with van der Waals surface area (Å²) in [6.07, 6.45) is 0. The molecule has 260 valence electrons. The Morgan fingerprint density at radius 3 is 1.04 bits per heavy atom. The molecule has 0 saturated carbocycles. The quantitative estimate of drug-likeness (QED) is 0.180. The summed E-state index contributed by atoms with van der Waals surface area (Å²) in [6, 6.07) is 34.7. The zero-order valence-electron chi connectivity index (χ0n) is 32.9. The molecule has 2 aromatic heterocycles. The van der Waals surface area contributed by atoms with Crippen LogP contribution in [0, 0.1) is 18.3 Å². The van der Waals surface area contributed by atoms with E-state index in [0.29, 0.717) is 5.56 Å². The van der Waals surface area contributed by atoms with Crippen LogP contribution < -0.4 is 0 Å². The monoisotopic (exact) mass is 671 g/mol. The van der Waals surface area contributed by atoms with Crippen LogP contribution in [0.3, 0.4) is 0 Å². The Bertz CT molecular complexity index is 2430. The molecule has 7 aromatic rings. The van der Waals surface area contributed by atoms with E-state index in [0.717, 1.165) is 39.0 Å². The molecule has 0 N–H and O–H groups in total. The predicted molar refractivity (Wildman–Crippen MR) is 219 cm³/mol. The maximum atomic E-state index is 10.7. The molecular formula is C48H53N3. The highest BCUT2D eigenvalue weighted by atomic mass is 15.0. The van der Waals surface area contributed by atoms with Crippen molar-refractivity contribution in [3.63, 3.8) is 0 Å². The van der Waals surface area contributed by atoms with Crippen LogP contribution >= 0.6 is 0 Å². The Morgan fingerprint density at radius 2 is 0.745 bits per heavy atom. The van der Waals surface area contributed by atoms with E-state index in [1.165, 1.54) is 43.8 Å². The summed E-state index contributed by atoms with van der Waals surface area (Å²) in [5, 5.41) is 15.6. The van der Waals surface area contributed by atoms with Crippen LogP contribution in [0.15, 0.2) is 84.9 Å². The maximum absolute atomic E-state index is 10.7. The van der Waals surface area contributed by atoms with Crippen molar-refractivity contribution in [3.05, 3.63) is 118 Å². The molecule has 5 aromatic carbocycles. The highest BCUT2D eigenvalue weighted by Gasteiger charge is 2.25. The molecule has 0 amide bonds. The molecule has 0 radical (unpaired) electrons. The normalized spacial score (nSPS) is 13.2. The van der Waals surface area contributed by atoms with Crippen LogP contribution in [0.2, 0.25) is 0 Å². The van der Waals surface area contributed by atoms with E-state index < -0.39 is 0 Å². The van der Waals surface area contributed by atoms with Gasteiger partial charge in [-0.05, 0) is 117 Å². The standard InChI is InChI=1S/C48H53N3/c1-29-30(28-49)22-35(50-40-18-14-31(45(2,3)4)23-36(40)37-24-32(46(5,6)7)15-19-41(37)50)27-44(29)51-42-20-16-33(47(8,9)10)25-38(42)39-26-34(48(11,12)13)17-21-43(39)51/h14-27H,1-13H3. The van der Waals surface area contributed by atoms with Crippen LogP contribution in [0.4, 0.5) is 0 Å². The molecule has 0 bridgehead atoms. The topological polar surface area (TPSA) is 33.6 Å². The molecule has 3 heteroatoms. The average molecular weight is 672 g/mol. The molecule has 0 fully saturated rings. The van der Waals surface area contributed by atoms with Gasteiger partial charge in [0.15, 0.2) is 0 Å². The van der Waals surface area contributed by atoms with E-state index >= 15 is 0 Å². The fraction of sp³-hybridized carbons (Fsp3) is 0.354. The Labute approximate surface area is 304 Å². The Hall–Kier alpha value is -4.81. The summed E-state index contributed by atoms with van der Waals surface area (Å²) in [6.45, 7) is 29.4. The second kappa shape index (κ2) is 11.3.